The Kier molecular flexibility index (Phi) is 3.41. The lowest BCUT2D eigenvalue weighted by atomic mass is 10.2. The van der Waals surface area contributed by atoms with Crippen molar-refractivity contribution in [3.05, 3.63) is 47.2 Å². The number of aromatic nitrogens is 2. The van der Waals surface area contributed by atoms with Gasteiger partial charge >= 0.3 is 0 Å². The molecule has 1 saturated carbocycles. The van der Waals surface area contributed by atoms with Gasteiger partial charge in [0.1, 0.15) is 0 Å². The van der Waals surface area contributed by atoms with Gasteiger partial charge in [-0.2, -0.15) is 5.10 Å². The van der Waals surface area contributed by atoms with Crippen molar-refractivity contribution in [3.63, 3.8) is 0 Å². The molecule has 3 aromatic rings. The van der Waals surface area contributed by atoms with E-state index in [2.05, 4.69) is 46.2 Å². The van der Waals surface area contributed by atoms with Crippen LogP contribution < -0.4 is 0 Å². The Hall–Kier alpha value is -1.79. The van der Waals surface area contributed by atoms with Crippen molar-refractivity contribution in [1.29, 1.82) is 0 Å². The van der Waals surface area contributed by atoms with Crippen LogP contribution in [0.5, 0.6) is 0 Å². The van der Waals surface area contributed by atoms with Gasteiger partial charge in [0.25, 0.3) is 0 Å². The number of benzene rings is 1. The Morgan fingerprint density at radius 3 is 2.83 bits per heavy atom. The van der Waals surface area contributed by atoms with E-state index in [0.717, 1.165) is 17.4 Å². The van der Waals surface area contributed by atoms with Crippen molar-refractivity contribution in [2.24, 2.45) is 5.10 Å². The van der Waals surface area contributed by atoms with E-state index >= 15 is 0 Å². The van der Waals surface area contributed by atoms with Crippen molar-refractivity contribution in [2.45, 2.75) is 36.3 Å². The number of hydrogen-bond acceptors (Lipinski definition) is 5. The van der Waals surface area contributed by atoms with Crippen molar-refractivity contribution < 1.29 is 0 Å². The largest absolute Gasteiger partial charge is 0.323 e. The van der Waals surface area contributed by atoms with Gasteiger partial charge < -0.3 is 4.57 Å². The third-order valence-electron chi connectivity index (χ3n) is 4.64. The fourth-order valence-corrected chi connectivity index (χ4v) is 4.96. The molecular weight excluding hydrogens is 336 g/mol. The van der Waals surface area contributed by atoms with E-state index in [1.54, 1.807) is 23.1 Å². The highest BCUT2D eigenvalue weighted by Crippen LogP contribution is 2.44. The van der Waals surface area contributed by atoms with E-state index in [0.29, 0.717) is 6.04 Å². The molecule has 0 bridgehead atoms. The molecular formula is C18H18N4S2. The summed E-state index contributed by atoms with van der Waals surface area (Å²) in [6.07, 6.45) is 6.70. The van der Waals surface area contributed by atoms with Gasteiger partial charge in [-0.3, -0.25) is 5.01 Å². The average molecular weight is 355 g/mol. The first-order chi connectivity index (χ1) is 11.8. The quantitative estimate of drug-likeness (QED) is 0.647. The first kappa shape index (κ1) is 14.5. The molecule has 0 amide bonds. The molecule has 2 aliphatic rings. The summed E-state index contributed by atoms with van der Waals surface area (Å²) in [6.45, 7) is 1.72. The van der Waals surface area contributed by atoms with E-state index < -0.39 is 0 Å². The maximum Gasteiger partial charge on any atom is 0.153 e. The van der Waals surface area contributed by atoms with Crippen LogP contribution in [0.2, 0.25) is 0 Å². The Labute approximate surface area is 149 Å². The van der Waals surface area contributed by atoms with Crippen molar-refractivity contribution in [3.8, 4) is 0 Å². The van der Waals surface area contributed by atoms with Gasteiger partial charge in [-0.1, -0.05) is 42.1 Å². The zero-order valence-electron chi connectivity index (χ0n) is 13.5. The number of rotatable bonds is 4. The summed E-state index contributed by atoms with van der Waals surface area (Å²) in [5.74, 6) is 0. The van der Waals surface area contributed by atoms with E-state index in [-0.39, 0.29) is 0 Å². The van der Waals surface area contributed by atoms with Crippen LogP contribution >= 0.6 is 23.1 Å². The SMILES string of the molecule is CSc1nc2c(s1)c1c(n2C2CC2)CN(Cc2ccccc2)N=C1. The molecule has 0 atom stereocenters. The van der Waals surface area contributed by atoms with E-state index in [9.17, 15) is 0 Å². The molecule has 1 aromatic carbocycles. The van der Waals surface area contributed by atoms with Crippen LogP contribution in [0.3, 0.4) is 0 Å². The topological polar surface area (TPSA) is 33.4 Å². The highest BCUT2D eigenvalue weighted by molar-refractivity contribution is 8.00. The van der Waals surface area contributed by atoms with Crippen LogP contribution in [-0.4, -0.2) is 27.0 Å². The zero-order chi connectivity index (χ0) is 16.1. The molecule has 5 rings (SSSR count). The second kappa shape index (κ2) is 5.63. The molecule has 0 spiro atoms. The van der Waals surface area contributed by atoms with E-state index in [4.69, 9.17) is 10.1 Å². The normalized spacial score (nSPS) is 16.8. The summed E-state index contributed by atoms with van der Waals surface area (Å²) < 4.78 is 4.95. The van der Waals surface area contributed by atoms with Crippen LogP contribution in [0, 0.1) is 0 Å². The van der Waals surface area contributed by atoms with Gasteiger partial charge in [-0.05, 0) is 24.7 Å². The molecule has 4 nitrogen and oxygen atoms in total. The predicted octanol–water partition coefficient (Wildman–Crippen LogP) is 4.50. The third kappa shape index (κ3) is 2.36. The monoisotopic (exact) mass is 354 g/mol. The second-order valence-corrected chi connectivity index (χ2v) is 8.40. The van der Waals surface area contributed by atoms with Gasteiger partial charge in [-0.15, -0.1) is 11.3 Å². The van der Waals surface area contributed by atoms with Gasteiger partial charge in [0.15, 0.2) is 9.99 Å². The van der Waals surface area contributed by atoms with Crippen LogP contribution in [0.4, 0.5) is 0 Å². The van der Waals surface area contributed by atoms with Crippen molar-refractivity contribution in [1.82, 2.24) is 14.6 Å². The molecule has 122 valence electrons. The van der Waals surface area contributed by atoms with E-state index in [1.807, 2.05) is 6.21 Å². The van der Waals surface area contributed by atoms with Crippen LogP contribution in [-0.2, 0) is 13.1 Å². The minimum atomic E-state index is 0.637. The number of hydrazone groups is 1. The number of hydrogen-bond donors (Lipinski definition) is 0. The summed E-state index contributed by atoms with van der Waals surface area (Å²) in [5, 5.41) is 6.87. The highest BCUT2D eigenvalue weighted by Gasteiger charge is 2.33. The maximum absolute atomic E-state index is 4.87. The van der Waals surface area contributed by atoms with Gasteiger partial charge in [0.05, 0.1) is 29.7 Å². The third-order valence-corrected chi connectivity index (χ3v) is 6.70. The molecule has 1 aliphatic carbocycles. The summed E-state index contributed by atoms with van der Waals surface area (Å²) in [4.78, 5) is 4.87. The average Bonchev–Trinajstić information content (AvgIpc) is 3.28. The molecule has 1 aliphatic heterocycles. The maximum atomic E-state index is 4.87. The molecule has 24 heavy (non-hydrogen) atoms. The van der Waals surface area contributed by atoms with Crippen molar-refractivity contribution in [2.75, 3.05) is 6.26 Å². The Morgan fingerprint density at radius 1 is 1.25 bits per heavy atom. The Balaban J connectivity index is 1.54. The fourth-order valence-electron chi connectivity index (χ4n) is 3.37. The Bertz CT molecular complexity index is 922. The Morgan fingerprint density at radius 2 is 2.08 bits per heavy atom. The second-order valence-electron chi connectivity index (χ2n) is 6.35. The summed E-state index contributed by atoms with van der Waals surface area (Å²) in [7, 11) is 0. The zero-order valence-corrected chi connectivity index (χ0v) is 15.1. The van der Waals surface area contributed by atoms with Gasteiger partial charge in [-0.25, -0.2) is 4.98 Å². The van der Waals surface area contributed by atoms with E-state index in [1.165, 1.54) is 40.0 Å². The molecule has 0 saturated heterocycles. The molecule has 0 radical (unpaired) electrons. The number of nitrogens with zero attached hydrogens (tertiary/aromatic N) is 4. The first-order valence-electron chi connectivity index (χ1n) is 8.24. The molecule has 3 heterocycles. The summed E-state index contributed by atoms with van der Waals surface area (Å²) in [5.41, 5.74) is 5.15. The van der Waals surface area contributed by atoms with Crippen LogP contribution in [0.15, 0.2) is 39.8 Å². The summed E-state index contributed by atoms with van der Waals surface area (Å²) in [6, 6.07) is 11.2. The minimum absolute atomic E-state index is 0.637. The predicted molar refractivity (Wildman–Crippen MR) is 101 cm³/mol. The van der Waals surface area contributed by atoms with Crippen molar-refractivity contribution >= 4 is 39.7 Å². The van der Waals surface area contributed by atoms with Crippen LogP contribution in [0.25, 0.3) is 10.3 Å². The smallest absolute Gasteiger partial charge is 0.153 e. The lowest BCUT2D eigenvalue weighted by Gasteiger charge is -2.24. The molecule has 6 heteroatoms. The lowest BCUT2D eigenvalue weighted by molar-refractivity contribution is 0.260. The fraction of sp³-hybridized carbons (Fsp3) is 0.333. The summed E-state index contributed by atoms with van der Waals surface area (Å²) >= 11 is 3.54. The molecule has 0 N–H and O–H groups in total. The molecule has 0 unspecified atom stereocenters. The number of fused-ring (bicyclic) bond motifs is 3. The molecule has 1 fully saturated rings. The number of thioether (sulfide) groups is 1. The first-order valence-corrected chi connectivity index (χ1v) is 10.3. The molecule has 2 aromatic heterocycles. The van der Waals surface area contributed by atoms with Crippen LogP contribution in [0.1, 0.15) is 35.7 Å². The van der Waals surface area contributed by atoms with Gasteiger partial charge in [0, 0.05) is 11.6 Å². The highest BCUT2D eigenvalue weighted by atomic mass is 32.2. The number of thiazole rings is 1. The lowest BCUT2D eigenvalue weighted by Crippen LogP contribution is -2.23. The van der Waals surface area contributed by atoms with Gasteiger partial charge in [0.2, 0.25) is 0 Å². The standard InChI is InChI=1S/C18H18N4S2/c1-23-18-20-17-16(24-18)14-9-19-21(10-12-5-3-2-4-6-12)11-15(14)22(17)13-7-8-13/h2-6,9,13H,7-8,10-11H2,1H3. The minimum Gasteiger partial charge on any atom is -0.323 e.